The molecule has 3 aliphatic heterocycles. The lowest BCUT2D eigenvalue weighted by atomic mass is 9.68. The zero-order chi connectivity index (χ0) is 36.9. The van der Waals surface area contributed by atoms with Crippen molar-refractivity contribution in [2.75, 3.05) is 25.1 Å². The number of anilines is 1. The molecule has 0 N–H and O–H groups in total. The van der Waals surface area contributed by atoms with E-state index in [1.165, 1.54) is 22.2 Å². The van der Waals surface area contributed by atoms with Crippen molar-refractivity contribution >= 4 is 39.6 Å². The fourth-order valence-electron chi connectivity index (χ4n) is 8.21. The van der Waals surface area contributed by atoms with Gasteiger partial charge >= 0.3 is 0 Å². The normalized spacial score (nSPS) is 18.3. The Labute approximate surface area is 311 Å². The van der Waals surface area contributed by atoms with E-state index in [0.717, 1.165) is 64.9 Å². The van der Waals surface area contributed by atoms with Crippen molar-refractivity contribution in [3.63, 3.8) is 0 Å². The average molecular weight is 695 g/mol. The Hall–Kier alpha value is -6.24. The summed E-state index contributed by atoms with van der Waals surface area (Å²) in [4.78, 5) is 6.06. The predicted octanol–water partition coefficient (Wildman–Crippen LogP) is 11.2. The molecule has 4 heterocycles. The molecule has 5 aromatic rings. The van der Waals surface area contributed by atoms with E-state index in [2.05, 4.69) is 121 Å². The van der Waals surface area contributed by atoms with Gasteiger partial charge in [0.05, 0.1) is 30.8 Å². The summed E-state index contributed by atoms with van der Waals surface area (Å²) in [7, 11) is 1.76. The number of rotatable bonds is 6. The molecule has 0 atom stereocenters. The number of benzene rings is 4. The molecule has 6 nitrogen and oxygen atoms in total. The fraction of sp³-hybridized carbons (Fsp3) is 0.234. The molecule has 0 bridgehead atoms. The van der Waals surface area contributed by atoms with Gasteiger partial charge in [0, 0.05) is 46.4 Å². The van der Waals surface area contributed by atoms with Crippen LogP contribution in [0.1, 0.15) is 62.8 Å². The number of nitrogens with zero attached hydrogens (tertiary/aromatic N) is 4. The summed E-state index contributed by atoms with van der Waals surface area (Å²) >= 11 is 0. The molecule has 1 aromatic heterocycles. The van der Waals surface area contributed by atoms with Gasteiger partial charge in [0.25, 0.3) is 5.70 Å². The van der Waals surface area contributed by atoms with Crippen LogP contribution < -0.4 is 9.64 Å². The first-order valence-electron chi connectivity index (χ1n) is 18.2. The van der Waals surface area contributed by atoms with E-state index in [-0.39, 0.29) is 16.5 Å². The molecular formula is C47H42N4O2. The Morgan fingerprint density at radius 1 is 0.830 bits per heavy atom. The van der Waals surface area contributed by atoms with Gasteiger partial charge in [-0.2, -0.15) is 0 Å². The van der Waals surface area contributed by atoms with Crippen LogP contribution in [0.15, 0.2) is 126 Å². The van der Waals surface area contributed by atoms with Crippen LogP contribution in [0.25, 0.3) is 44.5 Å². The summed E-state index contributed by atoms with van der Waals surface area (Å²) in [5.74, 6) is 1.96. The number of aromatic nitrogens is 1. The third kappa shape index (κ3) is 5.91. The van der Waals surface area contributed by atoms with Crippen LogP contribution >= 0.6 is 0 Å². The zero-order valence-corrected chi connectivity index (χ0v) is 30.9. The van der Waals surface area contributed by atoms with Gasteiger partial charge in [-0.1, -0.05) is 76.2 Å². The van der Waals surface area contributed by atoms with E-state index in [1.807, 2.05) is 30.4 Å². The monoisotopic (exact) mass is 694 g/mol. The van der Waals surface area contributed by atoms with Crippen molar-refractivity contribution in [3.05, 3.63) is 160 Å². The van der Waals surface area contributed by atoms with Crippen LogP contribution in [0.2, 0.25) is 0 Å². The van der Waals surface area contributed by atoms with Crippen molar-refractivity contribution in [1.82, 2.24) is 4.57 Å². The van der Waals surface area contributed by atoms with Crippen LogP contribution in [0.3, 0.4) is 0 Å². The SMILES string of the molecule is [C-]#[N+]/C(C#N)=C1C=C(/C=C/c2ccc3c(c2)c2ccccc2n3-c2ccccc2)OC(/C=C/c2cc3c4c(c2OC)C(C)(C)CCN4CCC3(C)C)=C/1. The number of nitriles is 1. The van der Waals surface area contributed by atoms with Gasteiger partial charge in [0.15, 0.2) is 0 Å². The number of para-hydroxylation sites is 2. The quantitative estimate of drug-likeness (QED) is 0.131. The Balaban J connectivity index is 1.16. The molecule has 0 saturated heterocycles. The lowest BCUT2D eigenvalue weighted by molar-refractivity contribution is 0.332. The van der Waals surface area contributed by atoms with E-state index >= 15 is 0 Å². The highest BCUT2D eigenvalue weighted by Gasteiger charge is 2.42. The highest BCUT2D eigenvalue weighted by Crippen LogP contribution is 2.53. The number of methoxy groups -OCH3 is 1. The van der Waals surface area contributed by atoms with E-state index in [1.54, 1.807) is 19.3 Å². The first-order valence-corrected chi connectivity index (χ1v) is 18.2. The number of hydrogen-bond donors (Lipinski definition) is 0. The molecule has 262 valence electrons. The topological polar surface area (TPSA) is 54.8 Å². The number of ether oxygens (including phenoxy) is 2. The number of hydrogen-bond acceptors (Lipinski definition) is 4. The maximum absolute atomic E-state index is 9.82. The summed E-state index contributed by atoms with van der Waals surface area (Å²) in [5.41, 5.74) is 9.84. The molecule has 8 rings (SSSR count). The molecule has 4 aromatic carbocycles. The first-order chi connectivity index (χ1) is 25.6. The molecule has 0 unspecified atom stereocenters. The van der Waals surface area contributed by atoms with Gasteiger partial charge in [0.2, 0.25) is 0 Å². The summed E-state index contributed by atoms with van der Waals surface area (Å²) in [5, 5.41) is 12.2. The van der Waals surface area contributed by atoms with Crippen LogP contribution in [-0.4, -0.2) is 24.8 Å². The second-order valence-corrected chi connectivity index (χ2v) is 15.4. The summed E-state index contributed by atoms with van der Waals surface area (Å²) in [6.45, 7) is 19.1. The zero-order valence-electron chi connectivity index (χ0n) is 30.9. The van der Waals surface area contributed by atoms with Crippen LogP contribution in [0.4, 0.5) is 5.69 Å². The Morgan fingerprint density at radius 3 is 2.23 bits per heavy atom. The number of fused-ring (bicyclic) bond motifs is 3. The molecule has 0 amide bonds. The maximum Gasteiger partial charge on any atom is 0.269 e. The van der Waals surface area contributed by atoms with Gasteiger partial charge in [-0.25, -0.2) is 10.1 Å². The van der Waals surface area contributed by atoms with Gasteiger partial charge in [-0.3, -0.25) is 0 Å². The first kappa shape index (κ1) is 33.9. The van der Waals surface area contributed by atoms with Gasteiger partial charge in [-0.05, 0) is 107 Å². The minimum Gasteiger partial charge on any atom is -0.496 e. The Morgan fingerprint density at radius 2 is 1.51 bits per heavy atom. The lowest BCUT2D eigenvalue weighted by Crippen LogP contribution is -2.45. The fourth-order valence-corrected chi connectivity index (χ4v) is 8.21. The molecule has 0 saturated carbocycles. The van der Waals surface area contributed by atoms with E-state index < -0.39 is 0 Å². The van der Waals surface area contributed by atoms with E-state index in [9.17, 15) is 5.26 Å². The lowest BCUT2D eigenvalue weighted by Gasteiger charge is -2.48. The molecule has 0 radical (unpaired) electrons. The highest BCUT2D eigenvalue weighted by atomic mass is 16.5. The maximum atomic E-state index is 9.82. The van der Waals surface area contributed by atoms with Gasteiger partial charge < -0.3 is 18.9 Å². The van der Waals surface area contributed by atoms with E-state index in [0.29, 0.717) is 17.1 Å². The van der Waals surface area contributed by atoms with Crippen molar-refractivity contribution < 1.29 is 9.47 Å². The minimum atomic E-state index is -0.0444. The second-order valence-electron chi connectivity index (χ2n) is 15.4. The summed E-state index contributed by atoms with van der Waals surface area (Å²) in [6, 6.07) is 29.7. The van der Waals surface area contributed by atoms with Crippen molar-refractivity contribution in [2.24, 2.45) is 0 Å². The molecule has 6 heteroatoms. The molecule has 0 spiro atoms. The predicted molar refractivity (Wildman–Crippen MR) is 216 cm³/mol. The Bertz CT molecular complexity index is 2530. The van der Waals surface area contributed by atoms with Gasteiger partial charge in [0.1, 0.15) is 17.3 Å². The largest absolute Gasteiger partial charge is 0.496 e. The van der Waals surface area contributed by atoms with Crippen LogP contribution in [0, 0.1) is 17.9 Å². The van der Waals surface area contributed by atoms with Crippen molar-refractivity contribution in [2.45, 2.75) is 51.4 Å². The average Bonchev–Trinajstić information content (AvgIpc) is 3.49. The van der Waals surface area contributed by atoms with Crippen molar-refractivity contribution in [3.8, 4) is 17.5 Å². The third-order valence-electron chi connectivity index (χ3n) is 11.1. The number of allylic oxidation sites excluding steroid dienone is 6. The van der Waals surface area contributed by atoms with Gasteiger partial charge in [-0.15, -0.1) is 0 Å². The van der Waals surface area contributed by atoms with Crippen LogP contribution in [-0.2, 0) is 15.6 Å². The van der Waals surface area contributed by atoms with E-state index in [4.69, 9.17) is 16.0 Å². The molecule has 0 fully saturated rings. The highest BCUT2D eigenvalue weighted by molar-refractivity contribution is 6.09. The molecule has 53 heavy (non-hydrogen) atoms. The summed E-state index contributed by atoms with van der Waals surface area (Å²) < 4.78 is 14.9. The molecular weight excluding hydrogens is 653 g/mol. The minimum absolute atomic E-state index is 0.0135. The standard InChI is InChI=1S/C47H42N4O2/c1-46(2)22-24-50-25-23-47(3,4)43-44(50)39(46)29-32(45(43)52-6)18-20-36-28-33(40(30-48)49-5)27-35(53-36)19-16-31-17-21-42-38(26-31)37-14-10-11-15-41(37)51(42)34-12-8-7-9-13-34/h7-21,26-29H,22-25H2,1-4,6H3/b19-16+,20-18+,40-33-. The smallest absolute Gasteiger partial charge is 0.269 e. The molecule has 0 aliphatic carbocycles. The van der Waals surface area contributed by atoms with Crippen LogP contribution in [0.5, 0.6) is 5.75 Å². The summed E-state index contributed by atoms with van der Waals surface area (Å²) in [6.07, 6.45) is 13.6. The Kier molecular flexibility index (Phi) is 8.35. The second kappa shape index (κ2) is 13.1. The van der Waals surface area contributed by atoms with Crippen molar-refractivity contribution in [1.29, 1.82) is 5.26 Å². The molecule has 3 aliphatic rings. The third-order valence-corrected chi connectivity index (χ3v) is 11.1.